The summed E-state index contributed by atoms with van der Waals surface area (Å²) in [5.74, 6) is -2.41. The van der Waals surface area contributed by atoms with E-state index in [0.29, 0.717) is 51.8 Å². The number of ether oxygens (including phenoxy) is 5. The van der Waals surface area contributed by atoms with Gasteiger partial charge in [-0.2, -0.15) is 0 Å². The second-order valence-corrected chi connectivity index (χ2v) is 9.51. The Bertz CT molecular complexity index is 1380. The fraction of sp³-hybridized carbons (Fsp3) is 0.387. The Hall–Kier alpha value is -4.27. The van der Waals surface area contributed by atoms with E-state index in [9.17, 15) is 14.4 Å². The molecule has 2 aromatic carbocycles. The molecule has 4 rings (SSSR count). The van der Waals surface area contributed by atoms with Crippen LogP contribution in [-0.2, 0) is 23.9 Å². The van der Waals surface area contributed by atoms with Crippen LogP contribution in [0, 0.1) is 5.92 Å². The molecular weight excluding hydrogens is 514 g/mol. The van der Waals surface area contributed by atoms with Gasteiger partial charge in [-0.3, -0.25) is 9.59 Å². The number of Topliss-reactive ketones (excluding diaryl/α,β-unsaturated/α-hetero) is 1. The maximum atomic E-state index is 14.4. The fourth-order valence-corrected chi connectivity index (χ4v) is 5.57. The zero-order chi connectivity index (χ0) is 29.0. The molecule has 0 aromatic heterocycles. The van der Waals surface area contributed by atoms with Crippen LogP contribution in [0.1, 0.15) is 50.2 Å². The predicted molar refractivity (Wildman–Crippen MR) is 147 cm³/mol. The lowest BCUT2D eigenvalue weighted by molar-refractivity contribution is -0.152. The van der Waals surface area contributed by atoms with Gasteiger partial charge in [-0.1, -0.05) is 18.2 Å². The molecular formula is C31H35NO8. The van der Waals surface area contributed by atoms with Gasteiger partial charge < -0.3 is 29.0 Å². The summed E-state index contributed by atoms with van der Waals surface area (Å²) in [6.07, 6.45) is 0.342. The summed E-state index contributed by atoms with van der Waals surface area (Å²) in [4.78, 5) is 41.1. The van der Waals surface area contributed by atoms with Gasteiger partial charge in [-0.05, 0) is 62.6 Å². The number of esters is 2. The van der Waals surface area contributed by atoms with Gasteiger partial charge in [0.15, 0.2) is 17.3 Å². The first-order chi connectivity index (χ1) is 19.3. The minimum atomic E-state index is -1.11. The van der Waals surface area contributed by atoms with Crippen LogP contribution in [0.4, 0.5) is 0 Å². The summed E-state index contributed by atoms with van der Waals surface area (Å²) in [5, 5.41) is 3.31. The third kappa shape index (κ3) is 5.28. The van der Waals surface area contributed by atoms with E-state index < -0.39 is 35.5 Å². The van der Waals surface area contributed by atoms with E-state index in [-0.39, 0.29) is 13.2 Å². The molecule has 3 atom stereocenters. The van der Waals surface area contributed by atoms with Crippen molar-refractivity contribution in [2.45, 2.75) is 39.0 Å². The normalized spacial score (nSPS) is 20.4. The van der Waals surface area contributed by atoms with Gasteiger partial charge in [0.1, 0.15) is 11.7 Å². The number of methoxy groups -OCH3 is 3. The van der Waals surface area contributed by atoms with Crippen LogP contribution >= 0.6 is 0 Å². The molecule has 9 nitrogen and oxygen atoms in total. The third-order valence-electron chi connectivity index (χ3n) is 7.32. The summed E-state index contributed by atoms with van der Waals surface area (Å²) in [5.41, 5.74) is 3.25. The van der Waals surface area contributed by atoms with E-state index in [4.69, 9.17) is 23.7 Å². The third-order valence-corrected chi connectivity index (χ3v) is 7.32. The molecule has 1 aliphatic carbocycles. The Morgan fingerprint density at radius 1 is 0.900 bits per heavy atom. The average Bonchev–Trinajstić information content (AvgIpc) is 2.96. The van der Waals surface area contributed by atoms with Gasteiger partial charge in [-0.15, -0.1) is 0 Å². The van der Waals surface area contributed by atoms with Gasteiger partial charge in [0, 0.05) is 28.8 Å². The second kappa shape index (κ2) is 12.3. The van der Waals surface area contributed by atoms with Crippen LogP contribution in [0.5, 0.6) is 17.2 Å². The van der Waals surface area contributed by atoms with Crippen molar-refractivity contribution >= 4 is 17.7 Å². The molecule has 0 fully saturated rings. The molecule has 212 valence electrons. The molecule has 0 spiro atoms. The standard InChI is InChI=1S/C31H35NO8/c1-7-39-30(34)25-17(3)32-22-16-21(18-10-9-11-20(14-18)36-4)27(31(35)40-8-2)29(33)28(22)26(25)19-12-13-23(37-5)24(15-19)38-6/h9-15,21,26-27,32H,7-8,16H2,1-6H3/t21-,26-,27+/m1/s1. The molecule has 0 saturated carbocycles. The average molecular weight is 550 g/mol. The van der Waals surface area contributed by atoms with Crippen molar-refractivity contribution < 1.29 is 38.1 Å². The minimum absolute atomic E-state index is 0.129. The van der Waals surface area contributed by atoms with E-state index >= 15 is 0 Å². The molecule has 0 amide bonds. The molecule has 9 heteroatoms. The number of rotatable bonds is 9. The molecule has 0 unspecified atom stereocenters. The number of benzene rings is 2. The van der Waals surface area contributed by atoms with Crippen molar-refractivity contribution in [1.82, 2.24) is 5.32 Å². The summed E-state index contributed by atoms with van der Waals surface area (Å²) >= 11 is 0. The number of carbonyl (C=O) groups excluding carboxylic acids is 3. The number of hydrogen-bond donors (Lipinski definition) is 1. The smallest absolute Gasteiger partial charge is 0.336 e. The highest BCUT2D eigenvalue weighted by molar-refractivity contribution is 6.13. The molecule has 0 bridgehead atoms. The number of allylic oxidation sites excluding steroid dienone is 3. The highest BCUT2D eigenvalue weighted by Crippen LogP contribution is 2.49. The molecule has 2 aliphatic rings. The van der Waals surface area contributed by atoms with E-state index in [1.54, 1.807) is 46.1 Å². The van der Waals surface area contributed by atoms with Gasteiger partial charge >= 0.3 is 11.9 Å². The lowest BCUT2D eigenvalue weighted by Gasteiger charge is -2.39. The van der Waals surface area contributed by atoms with Crippen molar-refractivity contribution in [2.24, 2.45) is 5.92 Å². The van der Waals surface area contributed by atoms with Crippen LogP contribution in [0.25, 0.3) is 0 Å². The van der Waals surface area contributed by atoms with Gasteiger partial charge in [0.05, 0.1) is 40.1 Å². The van der Waals surface area contributed by atoms with Crippen LogP contribution in [0.15, 0.2) is 65.0 Å². The Balaban J connectivity index is 1.93. The largest absolute Gasteiger partial charge is 0.497 e. The van der Waals surface area contributed by atoms with Crippen molar-refractivity contribution in [3.05, 3.63) is 76.1 Å². The van der Waals surface area contributed by atoms with E-state index in [1.807, 2.05) is 24.3 Å². The molecule has 40 heavy (non-hydrogen) atoms. The molecule has 0 radical (unpaired) electrons. The SMILES string of the molecule is CCOC(=O)C1=C(C)NC2=C(C(=O)[C@@H](C(=O)OCC)[C@@H](c3cccc(OC)c3)C2)[C@@H]1c1ccc(OC)c(OC)c1. The number of carbonyl (C=O) groups is 3. The number of hydrogen-bond acceptors (Lipinski definition) is 9. The number of dihydropyridines is 1. The first kappa shape index (κ1) is 28.7. The number of nitrogens with one attached hydrogen (secondary N) is 1. The Labute approximate surface area is 234 Å². The summed E-state index contributed by atoms with van der Waals surface area (Å²) in [7, 11) is 4.61. The lowest BCUT2D eigenvalue weighted by atomic mass is 9.67. The molecule has 1 heterocycles. The van der Waals surface area contributed by atoms with Crippen LogP contribution < -0.4 is 19.5 Å². The first-order valence-electron chi connectivity index (χ1n) is 13.2. The van der Waals surface area contributed by atoms with E-state index in [0.717, 1.165) is 5.56 Å². The maximum Gasteiger partial charge on any atom is 0.336 e. The van der Waals surface area contributed by atoms with Gasteiger partial charge in [0.2, 0.25) is 0 Å². The quantitative estimate of drug-likeness (QED) is 0.359. The Kier molecular flexibility index (Phi) is 8.82. The van der Waals surface area contributed by atoms with Gasteiger partial charge in [0.25, 0.3) is 0 Å². The zero-order valence-corrected chi connectivity index (χ0v) is 23.7. The van der Waals surface area contributed by atoms with Crippen LogP contribution in [-0.4, -0.2) is 52.3 Å². The van der Waals surface area contributed by atoms with Gasteiger partial charge in [-0.25, -0.2) is 4.79 Å². The highest BCUT2D eigenvalue weighted by Gasteiger charge is 2.49. The second-order valence-electron chi connectivity index (χ2n) is 9.51. The zero-order valence-electron chi connectivity index (χ0n) is 23.7. The van der Waals surface area contributed by atoms with Crippen molar-refractivity contribution in [2.75, 3.05) is 34.5 Å². The molecule has 0 saturated heterocycles. The number of ketones is 1. The Morgan fingerprint density at radius 3 is 2.27 bits per heavy atom. The summed E-state index contributed by atoms with van der Waals surface area (Å²) < 4.78 is 27.2. The molecule has 1 N–H and O–H groups in total. The summed E-state index contributed by atoms with van der Waals surface area (Å²) in [6.45, 7) is 5.50. The van der Waals surface area contributed by atoms with Crippen molar-refractivity contribution in [3.63, 3.8) is 0 Å². The van der Waals surface area contributed by atoms with Crippen LogP contribution in [0.3, 0.4) is 0 Å². The maximum absolute atomic E-state index is 14.4. The van der Waals surface area contributed by atoms with E-state index in [2.05, 4.69) is 5.32 Å². The molecule has 2 aromatic rings. The Morgan fingerprint density at radius 2 is 1.62 bits per heavy atom. The predicted octanol–water partition coefficient (Wildman–Crippen LogP) is 4.43. The lowest BCUT2D eigenvalue weighted by Crippen LogP contribution is -2.43. The molecule has 1 aliphatic heterocycles. The van der Waals surface area contributed by atoms with E-state index in [1.165, 1.54) is 14.2 Å². The highest BCUT2D eigenvalue weighted by atomic mass is 16.5. The monoisotopic (exact) mass is 549 g/mol. The first-order valence-corrected chi connectivity index (χ1v) is 13.2. The summed E-state index contributed by atoms with van der Waals surface area (Å²) in [6, 6.07) is 12.6. The fourth-order valence-electron chi connectivity index (χ4n) is 5.57. The van der Waals surface area contributed by atoms with Crippen molar-refractivity contribution in [3.8, 4) is 17.2 Å². The minimum Gasteiger partial charge on any atom is -0.497 e. The topological polar surface area (TPSA) is 109 Å². The van der Waals surface area contributed by atoms with Crippen LogP contribution in [0.2, 0.25) is 0 Å². The van der Waals surface area contributed by atoms with Crippen molar-refractivity contribution in [1.29, 1.82) is 0 Å².